The number of hydrogen-bond acceptors (Lipinski definition) is 5. The molecule has 0 spiro atoms. The third kappa shape index (κ3) is 4.49. The predicted molar refractivity (Wildman–Crippen MR) is 122 cm³/mol. The molecule has 3 aromatic rings. The zero-order valence-electron chi connectivity index (χ0n) is 18.0. The highest BCUT2D eigenvalue weighted by Crippen LogP contribution is 2.41. The highest BCUT2D eigenvalue weighted by atomic mass is 16.6. The zero-order chi connectivity index (χ0) is 22.4. The maximum absolute atomic E-state index is 10.6. The lowest BCUT2D eigenvalue weighted by Gasteiger charge is -2.37. The van der Waals surface area contributed by atoms with Gasteiger partial charge in [-0.05, 0) is 29.5 Å². The minimum atomic E-state index is -1.06. The molecule has 0 aliphatic carbocycles. The van der Waals surface area contributed by atoms with Crippen molar-refractivity contribution in [3.8, 4) is 0 Å². The molecule has 3 aromatic carbocycles. The normalized spacial score (nSPS) is 23.3. The lowest BCUT2D eigenvalue weighted by Crippen LogP contribution is -2.39. The van der Waals surface area contributed by atoms with Crippen LogP contribution in [0.5, 0.6) is 0 Å². The Morgan fingerprint density at radius 3 is 1.56 bits per heavy atom. The summed E-state index contributed by atoms with van der Waals surface area (Å²) < 4.78 is 12.7. The molecule has 1 aliphatic rings. The molecule has 5 heteroatoms. The summed E-state index contributed by atoms with van der Waals surface area (Å²) in [4.78, 5) is 0. The summed E-state index contributed by atoms with van der Waals surface area (Å²) in [5, 5.41) is 30.1. The molecule has 0 aromatic heterocycles. The van der Waals surface area contributed by atoms with Crippen LogP contribution in [0.15, 0.2) is 91.0 Å². The van der Waals surface area contributed by atoms with Gasteiger partial charge in [-0.3, -0.25) is 0 Å². The van der Waals surface area contributed by atoms with Crippen molar-refractivity contribution in [1.29, 1.82) is 0 Å². The SMILES string of the molecule is OCCC[C@@H]1O[C@H](COC(c2ccccc2)(c2ccccc2)c2ccccc2)[C@H](O)[C@@H]1O. The van der Waals surface area contributed by atoms with Crippen LogP contribution in [-0.4, -0.2) is 52.9 Å². The van der Waals surface area contributed by atoms with E-state index in [0.29, 0.717) is 12.8 Å². The van der Waals surface area contributed by atoms with Gasteiger partial charge in [-0.15, -0.1) is 0 Å². The van der Waals surface area contributed by atoms with Gasteiger partial charge in [0.05, 0.1) is 12.7 Å². The van der Waals surface area contributed by atoms with Crippen LogP contribution in [0.1, 0.15) is 29.5 Å². The van der Waals surface area contributed by atoms with E-state index in [1.165, 1.54) is 0 Å². The monoisotopic (exact) mass is 434 g/mol. The van der Waals surface area contributed by atoms with E-state index < -0.39 is 30.0 Å². The van der Waals surface area contributed by atoms with Crippen molar-refractivity contribution in [2.45, 2.75) is 42.9 Å². The Bertz CT molecular complexity index is 851. The maximum Gasteiger partial charge on any atom is 0.143 e. The topological polar surface area (TPSA) is 79.2 Å². The fraction of sp³-hybridized carbons (Fsp3) is 0.333. The van der Waals surface area contributed by atoms with E-state index in [1.54, 1.807) is 0 Å². The number of hydrogen-bond donors (Lipinski definition) is 3. The lowest BCUT2D eigenvalue weighted by atomic mass is 9.80. The van der Waals surface area contributed by atoms with E-state index in [2.05, 4.69) is 0 Å². The predicted octanol–water partition coefficient (Wildman–Crippen LogP) is 3.26. The van der Waals surface area contributed by atoms with E-state index >= 15 is 0 Å². The van der Waals surface area contributed by atoms with Crippen molar-refractivity contribution in [1.82, 2.24) is 0 Å². The van der Waals surface area contributed by atoms with Gasteiger partial charge in [-0.1, -0.05) is 91.0 Å². The second-order valence-corrected chi connectivity index (χ2v) is 8.15. The summed E-state index contributed by atoms with van der Waals surface area (Å²) in [6.45, 7) is 0.107. The van der Waals surface area contributed by atoms with Gasteiger partial charge >= 0.3 is 0 Å². The fourth-order valence-corrected chi connectivity index (χ4v) is 4.47. The van der Waals surface area contributed by atoms with Crippen molar-refractivity contribution in [2.24, 2.45) is 0 Å². The van der Waals surface area contributed by atoms with Gasteiger partial charge in [0.25, 0.3) is 0 Å². The van der Waals surface area contributed by atoms with Crippen LogP contribution in [-0.2, 0) is 15.1 Å². The molecule has 0 amide bonds. The lowest BCUT2D eigenvalue weighted by molar-refractivity contribution is -0.0833. The summed E-state index contributed by atoms with van der Waals surface area (Å²) >= 11 is 0. The molecular formula is C27H30O5. The Morgan fingerprint density at radius 1 is 0.688 bits per heavy atom. The molecule has 5 nitrogen and oxygen atoms in total. The molecule has 0 bridgehead atoms. The molecule has 4 rings (SSSR count). The molecule has 1 saturated heterocycles. The first-order chi connectivity index (χ1) is 15.7. The largest absolute Gasteiger partial charge is 0.396 e. The Balaban J connectivity index is 1.71. The minimum absolute atomic E-state index is 0.0168. The molecule has 0 radical (unpaired) electrons. The number of ether oxygens (including phenoxy) is 2. The van der Waals surface area contributed by atoms with Crippen LogP contribution in [0.25, 0.3) is 0 Å². The van der Waals surface area contributed by atoms with E-state index in [4.69, 9.17) is 14.6 Å². The highest BCUT2D eigenvalue weighted by Gasteiger charge is 2.45. The average molecular weight is 435 g/mol. The Kier molecular flexibility index (Phi) is 7.35. The highest BCUT2D eigenvalue weighted by molar-refractivity contribution is 5.47. The van der Waals surface area contributed by atoms with E-state index in [0.717, 1.165) is 16.7 Å². The second kappa shape index (κ2) is 10.4. The van der Waals surface area contributed by atoms with Gasteiger partial charge in [-0.2, -0.15) is 0 Å². The molecule has 4 atom stereocenters. The molecule has 3 N–H and O–H groups in total. The summed E-state index contributed by atoms with van der Waals surface area (Å²) in [5.41, 5.74) is 1.97. The van der Waals surface area contributed by atoms with Crippen LogP contribution in [0.3, 0.4) is 0 Å². The number of aliphatic hydroxyl groups is 3. The number of rotatable bonds is 9. The zero-order valence-corrected chi connectivity index (χ0v) is 18.0. The fourth-order valence-electron chi connectivity index (χ4n) is 4.47. The van der Waals surface area contributed by atoms with Gasteiger partial charge in [0, 0.05) is 6.61 Å². The molecule has 0 saturated carbocycles. The van der Waals surface area contributed by atoms with Crippen LogP contribution in [0.2, 0.25) is 0 Å². The Morgan fingerprint density at radius 2 is 1.12 bits per heavy atom. The van der Waals surface area contributed by atoms with Crippen molar-refractivity contribution in [3.63, 3.8) is 0 Å². The number of aliphatic hydroxyl groups excluding tert-OH is 3. The van der Waals surface area contributed by atoms with Crippen LogP contribution in [0, 0.1) is 0 Å². The minimum Gasteiger partial charge on any atom is -0.396 e. The summed E-state index contributed by atoms with van der Waals surface area (Å²) in [5.74, 6) is 0. The van der Waals surface area contributed by atoms with Crippen molar-refractivity contribution in [3.05, 3.63) is 108 Å². The first-order valence-corrected chi connectivity index (χ1v) is 11.1. The second-order valence-electron chi connectivity index (χ2n) is 8.15. The van der Waals surface area contributed by atoms with Crippen molar-refractivity contribution in [2.75, 3.05) is 13.2 Å². The molecule has 0 unspecified atom stereocenters. The molecule has 32 heavy (non-hydrogen) atoms. The molecule has 168 valence electrons. The van der Waals surface area contributed by atoms with Crippen LogP contribution >= 0.6 is 0 Å². The maximum atomic E-state index is 10.6. The van der Waals surface area contributed by atoms with Crippen molar-refractivity contribution >= 4 is 0 Å². The smallest absolute Gasteiger partial charge is 0.143 e. The molecular weight excluding hydrogens is 404 g/mol. The van der Waals surface area contributed by atoms with E-state index in [-0.39, 0.29) is 13.2 Å². The standard InChI is InChI=1S/C27H30O5/c28-18-10-17-23-25(29)26(30)24(32-23)19-31-27(20-11-4-1-5-12-20,21-13-6-2-7-14-21)22-15-8-3-9-16-22/h1-9,11-16,23-26,28-30H,10,17-19H2/t23-,24+,25+,26-/m0/s1. The number of benzene rings is 3. The molecule has 1 aliphatic heterocycles. The molecule has 1 fully saturated rings. The van der Waals surface area contributed by atoms with Crippen LogP contribution in [0.4, 0.5) is 0 Å². The van der Waals surface area contributed by atoms with Gasteiger partial charge in [0.15, 0.2) is 0 Å². The summed E-state index contributed by atoms with van der Waals surface area (Å²) in [6.07, 6.45) is -2.28. The van der Waals surface area contributed by atoms with Gasteiger partial charge in [0.2, 0.25) is 0 Å². The van der Waals surface area contributed by atoms with Crippen molar-refractivity contribution < 1.29 is 24.8 Å². The van der Waals surface area contributed by atoms with Gasteiger partial charge < -0.3 is 24.8 Å². The Labute approximate surface area is 188 Å². The third-order valence-corrected chi connectivity index (χ3v) is 6.11. The first-order valence-electron chi connectivity index (χ1n) is 11.1. The Hall–Kier alpha value is -2.54. The van der Waals surface area contributed by atoms with E-state index in [1.807, 2.05) is 91.0 Å². The third-order valence-electron chi connectivity index (χ3n) is 6.11. The van der Waals surface area contributed by atoms with E-state index in [9.17, 15) is 10.2 Å². The molecule has 1 heterocycles. The summed E-state index contributed by atoms with van der Waals surface area (Å²) in [7, 11) is 0. The van der Waals surface area contributed by atoms with Gasteiger partial charge in [-0.25, -0.2) is 0 Å². The van der Waals surface area contributed by atoms with Gasteiger partial charge in [0.1, 0.15) is 23.9 Å². The quantitative estimate of drug-likeness (QED) is 0.451. The van der Waals surface area contributed by atoms with Crippen LogP contribution < -0.4 is 0 Å². The average Bonchev–Trinajstić information content (AvgIpc) is 3.13. The summed E-state index contributed by atoms with van der Waals surface area (Å²) in [6, 6.07) is 30.0. The first kappa shape index (κ1) is 22.6.